The number of benzene rings is 1. The average Bonchev–Trinajstić information content (AvgIpc) is 3.49. The second-order valence-corrected chi connectivity index (χ2v) is 7.76. The molecule has 1 saturated heterocycles. The molecule has 158 valence electrons. The number of aromatic amines is 1. The second kappa shape index (κ2) is 9.66. The minimum absolute atomic E-state index is 0.612. The van der Waals surface area contributed by atoms with Crippen LogP contribution in [0.1, 0.15) is 25.2 Å². The van der Waals surface area contributed by atoms with Gasteiger partial charge in [0.15, 0.2) is 11.8 Å². The van der Waals surface area contributed by atoms with Crippen LogP contribution in [0.4, 0.5) is 5.13 Å². The van der Waals surface area contributed by atoms with Crippen molar-refractivity contribution in [2.45, 2.75) is 26.8 Å². The monoisotopic (exact) mass is 425 g/mol. The number of piperazine rings is 1. The van der Waals surface area contributed by atoms with Gasteiger partial charge in [-0.1, -0.05) is 25.1 Å². The first-order valence-electron chi connectivity index (χ1n) is 10.3. The Morgan fingerprint density at radius 1 is 1.23 bits per heavy atom. The summed E-state index contributed by atoms with van der Waals surface area (Å²) >= 11 is 1.50. The summed E-state index contributed by atoms with van der Waals surface area (Å²) < 4.78 is 4.41. The number of guanidine groups is 1. The van der Waals surface area contributed by atoms with E-state index in [0.29, 0.717) is 6.54 Å². The van der Waals surface area contributed by atoms with Gasteiger partial charge in [0.25, 0.3) is 0 Å². The molecular formula is C20H27N9S. The standard InChI is InChI=1S/C20H27N9S/c1-3-17-25-20(30-27-17)29-10-8-28(9-11-29)19(21-4-2)22-13-15-6-5-7-16(12-15)18-23-14-24-26-18/h5-7,12,14H,3-4,8-11,13H2,1-2H3,(H,21,22)(H,23,24,26). The summed E-state index contributed by atoms with van der Waals surface area (Å²) in [4.78, 5) is 18.4. The minimum atomic E-state index is 0.612. The maximum absolute atomic E-state index is 4.89. The van der Waals surface area contributed by atoms with Gasteiger partial charge in [0.1, 0.15) is 12.2 Å². The summed E-state index contributed by atoms with van der Waals surface area (Å²) in [6, 6.07) is 8.24. The third-order valence-electron chi connectivity index (χ3n) is 4.99. The molecule has 0 unspecified atom stereocenters. The average molecular weight is 426 g/mol. The summed E-state index contributed by atoms with van der Waals surface area (Å²) in [5.41, 5.74) is 2.15. The summed E-state index contributed by atoms with van der Waals surface area (Å²) in [5, 5.41) is 11.3. The molecule has 0 bridgehead atoms. The number of hydrogen-bond acceptors (Lipinski definition) is 7. The molecule has 0 spiro atoms. The third kappa shape index (κ3) is 4.76. The predicted octanol–water partition coefficient (Wildman–Crippen LogP) is 2.17. The lowest BCUT2D eigenvalue weighted by atomic mass is 10.1. The van der Waals surface area contributed by atoms with Crippen LogP contribution in [0.25, 0.3) is 11.4 Å². The maximum atomic E-state index is 4.89. The Hall–Kier alpha value is -3.01. The lowest BCUT2D eigenvalue weighted by molar-refractivity contribution is 0.372. The minimum Gasteiger partial charge on any atom is -0.357 e. The van der Waals surface area contributed by atoms with E-state index in [9.17, 15) is 0 Å². The third-order valence-corrected chi connectivity index (χ3v) is 5.80. The van der Waals surface area contributed by atoms with Gasteiger partial charge in [-0.05, 0) is 18.6 Å². The molecule has 30 heavy (non-hydrogen) atoms. The molecular weight excluding hydrogens is 398 g/mol. The van der Waals surface area contributed by atoms with Crippen LogP contribution in [-0.4, -0.2) is 68.1 Å². The van der Waals surface area contributed by atoms with Crippen LogP contribution in [-0.2, 0) is 13.0 Å². The van der Waals surface area contributed by atoms with Crippen LogP contribution in [0.15, 0.2) is 35.6 Å². The lowest BCUT2D eigenvalue weighted by Crippen LogP contribution is -2.52. The molecule has 2 N–H and O–H groups in total. The van der Waals surface area contributed by atoms with Gasteiger partial charge in [-0.3, -0.25) is 5.10 Å². The van der Waals surface area contributed by atoms with Crippen molar-refractivity contribution < 1.29 is 0 Å². The van der Waals surface area contributed by atoms with Crippen molar-refractivity contribution in [2.24, 2.45) is 4.99 Å². The SMILES string of the molecule is CCNC(=NCc1cccc(-c2ncn[nH]2)c1)N1CCN(c2nc(CC)ns2)CC1. The molecule has 0 radical (unpaired) electrons. The largest absolute Gasteiger partial charge is 0.357 e. The molecule has 0 atom stereocenters. The first kappa shape index (κ1) is 20.3. The molecule has 3 heterocycles. The van der Waals surface area contributed by atoms with Gasteiger partial charge in [0.05, 0.1) is 6.54 Å². The molecule has 1 aliphatic rings. The molecule has 4 rings (SSSR count). The molecule has 3 aromatic rings. The van der Waals surface area contributed by atoms with Gasteiger partial charge in [-0.15, -0.1) is 0 Å². The Balaban J connectivity index is 1.40. The van der Waals surface area contributed by atoms with Gasteiger partial charge >= 0.3 is 0 Å². The number of hydrogen-bond donors (Lipinski definition) is 2. The quantitative estimate of drug-likeness (QED) is 0.461. The number of H-pyrrole nitrogens is 1. The number of aromatic nitrogens is 5. The molecule has 0 saturated carbocycles. The van der Waals surface area contributed by atoms with Gasteiger partial charge < -0.3 is 15.1 Å². The van der Waals surface area contributed by atoms with Crippen molar-refractivity contribution in [3.63, 3.8) is 0 Å². The van der Waals surface area contributed by atoms with E-state index in [0.717, 1.165) is 73.0 Å². The number of rotatable bonds is 6. The highest BCUT2D eigenvalue weighted by molar-refractivity contribution is 7.09. The summed E-state index contributed by atoms with van der Waals surface area (Å²) in [6.07, 6.45) is 2.40. The summed E-state index contributed by atoms with van der Waals surface area (Å²) in [5.74, 6) is 2.65. The van der Waals surface area contributed by atoms with Crippen LogP contribution < -0.4 is 10.2 Å². The van der Waals surface area contributed by atoms with E-state index in [1.54, 1.807) is 0 Å². The zero-order valence-corrected chi connectivity index (χ0v) is 18.2. The first-order valence-corrected chi connectivity index (χ1v) is 11.1. The number of anilines is 1. The number of aliphatic imine (C=N–C) groups is 1. The summed E-state index contributed by atoms with van der Waals surface area (Å²) in [6.45, 7) is 9.30. The molecule has 0 amide bonds. The molecule has 2 aromatic heterocycles. The van der Waals surface area contributed by atoms with Crippen LogP contribution in [0.3, 0.4) is 0 Å². The van der Waals surface area contributed by atoms with Crippen LogP contribution in [0, 0.1) is 0 Å². The smallest absolute Gasteiger partial charge is 0.205 e. The number of nitrogens with zero attached hydrogens (tertiary/aromatic N) is 7. The van der Waals surface area contributed by atoms with E-state index in [2.05, 4.69) is 65.6 Å². The van der Waals surface area contributed by atoms with Crippen molar-refractivity contribution in [3.05, 3.63) is 42.0 Å². The van der Waals surface area contributed by atoms with E-state index in [1.165, 1.54) is 17.9 Å². The topological polar surface area (TPSA) is 98.2 Å². The predicted molar refractivity (Wildman–Crippen MR) is 120 cm³/mol. The van der Waals surface area contributed by atoms with Crippen molar-refractivity contribution in [3.8, 4) is 11.4 Å². The Kier molecular flexibility index (Phi) is 6.53. The number of aryl methyl sites for hydroxylation is 1. The van der Waals surface area contributed by atoms with E-state index in [1.807, 2.05) is 12.1 Å². The fourth-order valence-electron chi connectivity index (χ4n) is 3.38. The van der Waals surface area contributed by atoms with Gasteiger partial charge in [-0.2, -0.15) is 9.47 Å². The van der Waals surface area contributed by atoms with E-state index < -0.39 is 0 Å². The Bertz CT molecular complexity index is 958. The molecule has 1 aliphatic heterocycles. The molecule has 9 nitrogen and oxygen atoms in total. The highest BCUT2D eigenvalue weighted by Gasteiger charge is 2.22. The highest BCUT2D eigenvalue weighted by Crippen LogP contribution is 2.20. The van der Waals surface area contributed by atoms with Crippen LogP contribution >= 0.6 is 11.5 Å². The fourth-order valence-corrected chi connectivity index (χ4v) is 4.18. The van der Waals surface area contributed by atoms with E-state index >= 15 is 0 Å². The Morgan fingerprint density at radius 3 is 2.80 bits per heavy atom. The van der Waals surface area contributed by atoms with Crippen molar-refractivity contribution >= 4 is 22.6 Å². The van der Waals surface area contributed by atoms with E-state index in [-0.39, 0.29) is 0 Å². The van der Waals surface area contributed by atoms with Crippen molar-refractivity contribution in [1.29, 1.82) is 0 Å². The van der Waals surface area contributed by atoms with Crippen LogP contribution in [0.2, 0.25) is 0 Å². The normalized spacial score (nSPS) is 14.9. The Labute approximate surface area is 180 Å². The van der Waals surface area contributed by atoms with Gasteiger partial charge in [-0.25, -0.2) is 15.0 Å². The first-order chi connectivity index (χ1) is 14.8. The molecule has 1 aromatic carbocycles. The maximum Gasteiger partial charge on any atom is 0.205 e. The lowest BCUT2D eigenvalue weighted by Gasteiger charge is -2.36. The number of nitrogens with one attached hydrogen (secondary N) is 2. The molecule has 1 fully saturated rings. The zero-order valence-electron chi connectivity index (χ0n) is 17.4. The van der Waals surface area contributed by atoms with E-state index in [4.69, 9.17) is 4.99 Å². The van der Waals surface area contributed by atoms with Gasteiger partial charge in [0, 0.05) is 56.2 Å². The second-order valence-electron chi connectivity index (χ2n) is 7.03. The van der Waals surface area contributed by atoms with Crippen molar-refractivity contribution in [1.82, 2.24) is 34.8 Å². The Morgan fingerprint density at radius 2 is 2.10 bits per heavy atom. The van der Waals surface area contributed by atoms with Crippen molar-refractivity contribution in [2.75, 3.05) is 37.6 Å². The van der Waals surface area contributed by atoms with Gasteiger partial charge in [0.2, 0.25) is 5.13 Å². The molecule has 0 aliphatic carbocycles. The fraction of sp³-hybridized carbons (Fsp3) is 0.450. The summed E-state index contributed by atoms with van der Waals surface area (Å²) in [7, 11) is 0. The highest BCUT2D eigenvalue weighted by atomic mass is 32.1. The zero-order chi connectivity index (χ0) is 20.8. The molecule has 10 heteroatoms. The van der Waals surface area contributed by atoms with Crippen LogP contribution in [0.5, 0.6) is 0 Å².